The summed E-state index contributed by atoms with van der Waals surface area (Å²) in [5, 5.41) is 47.6. The van der Waals surface area contributed by atoms with E-state index < -0.39 is 34.2 Å². The number of benzene rings is 2. The van der Waals surface area contributed by atoms with Gasteiger partial charge in [-0.1, -0.05) is 0 Å². The summed E-state index contributed by atoms with van der Waals surface area (Å²) >= 11 is 0. The number of rotatable bonds is 0. The summed E-state index contributed by atoms with van der Waals surface area (Å²) in [7, 11) is 0. The van der Waals surface area contributed by atoms with Crippen LogP contribution in [-0.2, 0) is 0 Å². The third-order valence-corrected chi connectivity index (χ3v) is 3.14. The Morgan fingerprint density at radius 3 is 2.25 bits per heavy atom. The summed E-state index contributed by atoms with van der Waals surface area (Å²) in [6.07, 6.45) is 0. The second-order valence-electron chi connectivity index (χ2n) is 4.33. The van der Waals surface area contributed by atoms with E-state index in [1.54, 1.807) is 0 Å². The van der Waals surface area contributed by atoms with Gasteiger partial charge in [0.05, 0.1) is 21.8 Å². The van der Waals surface area contributed by atoms with Crippen LogP contribution in [0.2, 0.25) is 0 Å². The largest absolute Gasteiger partial charge is 0.504 e. The van der Waals surface area contributed by atoms with Gasteiger partial charge in [0, 0.05) is 6.07 Å². The Labute approximate surface area is 110 Å². The molecule has 6 N–H and O–H groups in total. The third kappa shape index (κ3) is 1.37. The molecule has 1 heterocycles. The van der Waals surface area contributed by atoms with E-state index in [9.17, 15) is 30.3 Å². The number of hydrogen-bond donors (Lipinski definition) is 6. The van der Waals surface area contributed by atoms with Gasteiger partial charge in [0.1, 0.15) is 0 Å². The van der Waals surface area contributed by atoms with E-state index >= 15 is 0 Å². The number of hydrogen-bond acceptors (Lipinski definition) is 6. The molecule has 3 aromatic rings. The van der Waals surface area contributed by atoms with E-state index in [-0.39, 0.29) is 21.8 Å². The van der Waals surface area contributed by atoms with Gasteiger partial charge < -0.3 is 30.5 Å². The highest BCUT2D eigenvalue weighted by atomic mass is 16.3. The van der Waals surface area contributed by atoms with E-state index in [2.05, 4.69) is 4.98 Å². The van der Waals surface area contributed by atoms with Crippen LogP contribution < -0.4 is 5.43 Å². The van der Waals surface area contributed by atoms with Gasteiger partial charge in [0.15, 0.2) is 23.0 Å². The van der Waals surface area contributed by atoms with Crippen LogP contribution in [0.5, 0.6) is 28.7 Å². The van der Waals surface area contributed by atoms with Crippen LogP contribution in [0.15, 0.2) is 23.0 Å². The minimum absolute atomic E-state index is 0.0104. The summed E-state index contributed by atoms with van der Waals surface area (Å²) in [5.41, 5.74) is -0.681. The number of H-pyrrole nitrogens is 1. The monoisotopic (exact) mass is 275 g/mol. The fourth-order valence-corrected chi connectivity index (χ4v) is 2.14. The maximum Gasteiger partial charge on any atom is 0.201 e. The molecule has 20 heavy (non-hydrogen) atoms. The molecule has 0 saturated carbocycles. The lowest BCUT2D eigenvalue weighted by atomic mass is 10.1. The Balaban J connectivity index is 2.65. The first-order valence-electron chi connectivity index (χ1n) is 5.56. The molecule has 1 aromatic heterocycles. The lowest BCUT2D eigenvalue weighted by molar-refractivity contribution is 0.371. The Kier molecular flexibility index (Phi) is 2.22. The second kappa shape index (κ2) is 3.70. The number of pyridine rings is 1. The van der Waals surface area contributed by atoms with E-state index in [0.29, 0.717) is 0 Å². The fourth-order valence-electron chi connectivity index (χ4n) is 2.14. The standard InChI is InChI=1S/C13H9NO6/c15-6-2-1-4-9(11(6)18)14-5-3-7(16)12(19)13(20)8(5)10(4)17/h1-3,15-16,18-20H,(H,14,17). The van der Waals surface area contributed by atoms with E-state index in [0.717, 1.165) is 12.1 Å². The highest BCUT2D eigenvalue weighted by Crippen LogP contribution is 2.40. The van der Waals surface area contributed by atoms with Gasteiger partial charge in [-0.15, -0.1) is 0 Å². The van der Waals surface area contributed by atoms with Gasteiger partial charge in [0.25, 0.3) is 0 Å². The number of phenolic OH excluding ortho intramolecular Hbond substituents is 5. The average molecular weight is 275 g/mol. The molecular weight excluding hydrogens is 266 g/mol. The van der Waals surface area contributed by atoms with E-state index in [1.165, 1.54) is 6.07 Å². The Hall–Kier alpha value is -3.09. The maximum atomic E-state index is 12.3. The van der Waals surface area contributed by atoms with Crippen molar-refractivity contribution < 1.29 is 25.5 Å². The number of nitrogens with one attached hydrogen (secondary N) is 1. The van der Waals surface area contributed by atoms with Crippen LogP contribution in [-0.4, -0.2) is 30.5 Å². The van der Waals surface area contributed by atoms with E-state index in [4.69, 9.17) is 0 Å². The molecule has 0 radical (unpaired) electrons. The van der Waals surface area contributed by atoms with E-state index in [1.807, 2.05) is 0 Å². The number of aromatic hydroxyl groups is 5. The molecule has 102 valence electrons. The maximum absolute atomic E-state index is 12.3. The van der Waals surface area contributed by atoms with Gasteiger partial charge in [-0.05, 0) is 12.1 Å². The molecule has 0 aliphatic heterocycles. The molecule has 7 heteroatoms. The molecule has 0 spiro atoms. The van der Waals surface area contributed by atoms with Crippen molar-refractivity contribution in [2.75, 3.05) is 0 Å². The molecule has 3 rings (SSSR count). The van der Waals surface area contributed by atoms with Gasteiger partial charge >= 0.3 is 0 Å². The van der Waals surface area contributed by atoms with Crippen LogP contribution in [0.1, 0.15) is 0 Å². The smallest absolute Gasteiger partial charge is 0.201 e. The van der Waals surface area contributed by atoms with Crippen LogP contribution in [0, 0.1) is 0 Å². The van der Waals surface area contributed by atoms with Gasteiger partial charge in [0.2, 0.25) is 11.2 Å². The first-order chi connectivity index (χ1) is 9.41. The topological polar surface area (TPSA) is 134 Å². The van der Waals surface area contributed by atoms with Crippen LogP contribution in [0.4, 0.5) is 0 Å². The summed E-state index contributed by atoms with van der Waals surface area (Å²) in [6, 6.07) is 3.44. The number of aromatic nitrogens is 1. The first-order valence-corrected chi connectivity index (χ1v) is 5.56. The number of phenols is 5. The lowest BCUT2D eigenvalue weighted by Gasteiger charge is -2.08. The van der Waals surface area contributed by atoms with Crippen molar-refractivity contribution in [1.29, 1.82) is 0 Å². The molecular formula is C13H9NO6. The summed E-state index contributed by atoms with van der Waals surface area (Å²) in [4.78, 5) is 14.9. The molecule has 0 bridgehead atoms. The van der Waals surface area contributed by atoms with Crippen LogP contribution in [0.3, 0.4) is 0 Å². The number of aromatic amines is 1. The SMILES string of the molecule is O=c1c2ccc(O)c(O)c2[nH]c2cc(O)c(O)c(O)c12. The molecule has 0 amide bonds. The third-order valence-electron chi connectivity index (χ3n) is 3.14. The van der Waals surface area contributed by atoms with Gasteiger partial charge in [-0.2, -0.15) is 0 Å². The molecule has 0 fully saturated rings. The molecule has 7 nitrogen and oxygen atoms in total. The molecule has 0 aliphatic carbocycles. The molecule has 0 aliphatic rings. The van der Waals surface area contributed by atoms with Crippen molar-refractivity contribution in [3.05, 3.63) is 28.4 Å². The Morgan fingerprint density at radius 1 is 0.850 bits per heavy atom. The van der Waals surface area contributed by atoms with Crippen molar-refractivity contribution in [3.63, 3.8) is 0 Å². The van der Waals surface area contributed by atoms with Crippen molar-refractivity contribution in [3.8, 4) is 28.7 Å². The molecule has 0 atom stereocenters. The van der Waals surface area contributed by atoms with Gasteiger partial charge in [-0.25, -0.2) is 0 Å². The van der Waals surface area contributed by atoms with Crippen molar-refractivity contribution >= 4 is 21.8 Å². The van der Waals surface area contributed by atoms with Crippen molar-refractivity contribution in [2.24, 2.45) is 0 Å². The summed E-state index contributed by atoms with van der Waals surface area (Å²) in [5.74, 6) is -3.11. The van der Waals surface area contributed by atoms with Crippen LogP contribution >= 0.6 is 0 Å². The molecule has 0 unspecified atom stereocenters. The van der Waals surface area contributed by atoms with Gasteiger partial charge in [-0.3, -0.25) is 4.79 Å². The predicted octanol–water partition coefficient (Wildman–Crippen LogP) is 1.21. The summed E-state index contributed by atoms with van der Waals surface area (Å²) < 4.78 is 0. The zero-order valence-electron chi connectivity index (χ0n) is 9.88. The van der Waals surface area contributed by atoms with Crippen molar-refractivity contribution in [2.45, 2.75) is 0 Å². The highest BCUT2D eigenvalue weighted by Gasteiger charge is 2.18. The Bertz CT molecular complexity index is 928. The first kappa shape index (κ1) is 12.0. The number of fused-ring (bicyclic) bond motifs is 2. The summed E-state index contributed by atoms with van der Waals surface area (Å²) in [6.45, 7) is 0. The molecule has 0 saturated heterocycles. The predicted molar refractivity (Wildman–Crippen MR) is 70.4 cm³/mol. The highest BCUT2D eigenvalue weighted by molar-refractivity contribution is 6.00. The Morgan fingerprint density at radius 2 is 1.55 bits per heavy atom. The minimum Gasteiger partial charge on any atom is -0.504 e. The average Bonchev–Trinajstić information content (AvgIpc) is 2.41. The zero-order chi connectivity index (χ0) is 14.6. The van der Waals surface area contributed by atoms with Crippen molar-refractivity contribution in [1.82, 2.24) is 4.98 Å². The molecule has 2 aromatic carbocycles. The fraction of sp³-hybridized carbons (Fsp3) is 0. The zero-order valence-corrected chi connectivity index (χ0v) is 9.88. The minimum atomic E-state index is -0.801. The van der Waals surface area contributed by atoms with Crippen LogP contribution in [0.25, 0.3) is 21.8 Å². The normalized spacial score (nSPS) is 11.2. The lowest BCUT2D eigenvalue weighted by Crippen LogP contribution is -2.04. The quantitative estimate of drug-likeness (QED) is 0.270. The second-order valence-corrected chi connectivity index (χ2v) is 4.33.